The van der Waals surface area contributed by atoms with E-state index in [1.807, 2.05) is 13.8 Å². The summed E-state index contributed by atoms with van der Waals surface area (Å²) >= 11 is 0. The van der Waals surface area contributed by atoms with Crippen molar-refractivity contribution in [1.82, 2.24) is 14.9 Å². The maximum atomic E-state index is 5.67. The van der Waals surface area contributed by atoms with Gasteiger partial charge < -0.3 is 16.0 Å². The van der Waals surface area contributed by atoms with Gasteiger partial charge in [-0.25, -0.2) is 4.98 Å². The van der Waals surface area contributed by atoms with Crippen molar-refractivity contribution in [1.29, 1.82) is 0 Å². The van der Waals surface area contributed by atoms with Gasteiger partial charge in [-0.3, -0.25) is 0 Å². The number of aromatic nitrogens is 2. The fourth-order valence-corrected chi connectivity index (χ4v) is 1.82. The first kappa shape index (κ1) is 14.7. The Morgan fingerprint density at radius 1 is 1.33 bits per heavy atom. The number of nitrogens with one attached hydrogen (secondary N) is 1. The van der Waals surface area contributed by atoms with Gasteiger partial charge in [-0.05, 0) is 33.4 Å². The van der Waals surface area contributed by atoms with Crippen LogP contribution in [0.4, 0.5) is 11.8 Å². The van der Waals surface area contributed by atoms with Crippen LogP contribution in [0.15, 0.2) is 0 Å². The Labute approximate surface area is 110 Å². The second-order valence-corrected chi connectivity index (χ2v) is 4.98. The average Bonchev–Trinajstić information content (AvgIpc) is 2.31. The molecular weight excluding hydrogens is 226 g/mol. The number of hydrogen-bond acceptors (Lipinski definition) is 5. The van der Waals surface area contributed by atoms with Crippen molar-refractivity contribution in [3.8, 4) is 0 Å². The van der Waals surface area contributed by atoms with Crippen LogP contribution in [0.3, 0.4) is 0 Å². The SMILES string of the molecule is CCN(C)C[C@H](C)CNc1nc(N)nc(C)c1C. The molecule has 0 bridgehead atoms. The summed E-state index contributed by atoms with van der Waals surface area (Å²) in [7, 11) is 2.13. The van der Waals surface area contributed by atoms with E-state index >= 15 is 0 Å². The van der Waals surface area contributed by atoms with E-state index in [4.69, 9.17) is 5.73 Å². The maximum Gasteiger partial charge on any atom is 0.222 e. The Morgan fingerprint density at radius 2 is 2.00 bits per heavy atom. The molecule has 0 saturated carbocycles. The lowest BCUT2D eigenvalue weighted by Crippen LogP contribution is -2.28. The molecule has 0 aliphatic carbocycles. The Morgan fingerprint density at radius 3 is 2.61 bits per heavy atom. The van der Waals surface area contributed by atoms with E-state index in [1.165, 1.54) is 0 Å². The molecule has 0 aliphatic heterocycles. The van der Waals surface area contributed by atoms with Gasteiger partial charge in [0, 0.05) is 24.3 Å². The van der Waals surface area contributed by atoms with E-state index in [0.29, 0.717) is 11.9 Å². The van der Waals surface area contributed by atoms with Crippen molar-refractivity contribution in [3.05, 3.63) is 11.3 Å². The van der Waals surface area contributed by atoms with Gasteiger partial charge in [0.05, 0.1) is 0 Å². The highest BCUT2D eigenvalue weighted by atomic mass is 15.1. The average molecular weight is 251 g/mol. The third-order valence-electron chi connectivity index (χ3n) is 3.19. The van der Waals surface area contributed by atoms with E-state index < -0.39 is 0 Å². The van der Waals surface area contributed by atoms with Crippen LogP contribution in [0.5, 0.6) is 0 Å². The third-order valence-corrected chi connectivity index (χ3v) is 3.19. The fraction of sp³-hybridized carbons (Fsp3) is 0.692. The topological polar surface area (TPSA) is 67.1 Å². The molecule has 0 aromatic carbocycles. The van der Waals surface area contributed by atoms with Crippen LogP contribution in [-0.4, -0.2) is 41.5 Å². The van der Waals surface area contributed by atoms with Gasteiger partial charge in [0.2, 0.25) is 5.95 Å². The van der Waals surface area contributed by atoms with E-state index in [2.05, 4.69) is 41.1 Å². The highest BCUT2D eigenvalue weighted by molar-refractivity contribution is 5.48. The first-order valence-electron chi connectivity index (χ1n) is 6.47. The minimum absolute atomic E-state index is 0.332. The van der Waals surface area contributed by atoms with Crippen LogP contribution < -0.4 is 11.1 Å². The molecule has 1 aromatic rings. The monoisotopic (exact) mass is 251 g/mol. The van der Waals surface area contributed by atoms with Gasteiger partial charge in [-0.1, -0.05) is 13.8 Å². The van der Waals surface area contributed by atoms with Gasteiger partial charge in [0.15, 0.2) is 0 Å². The zero-order valence-corrected chi connectivity index (χ0v) is 12.1. The van der Waals surface area contributed by atoms with E-state index in [-0.39, 0.29) is 0 Å². The summed E-state index contributed by atoms with van der Waals surface area (Å²) < 4.78 is 0. The molecule has 0 aliphatic rings. The van der Waals surface area contributed by atoms with Crippen LogP contribution in [0.25, 0.3) is 0 Å². The zero-order valence-electron chi connectivity index (χ0n) is 12.1. The van der Waals surface area contributed by atoms with Crippen LogP contribution in [0.2, 0.25) is 0 Å². The lowest BCUT2D eigenvalue weighted by Gasteiger charge is -2.20. The third kappa shape index (κ3) is 4.14. The molecule has 1 aromatic heterocycles. The van der Waals surface area contributed by atoms with Gasteiger partial charge in [-0.2, -0.15) is 4.98 Å². The van der Waals surface area contributed by atoms with Crippen molar-refractivity contribution in [3.63, 3.8) is 0 Å². The molecule has 0 amide bonds. The number of anilines is 2. The van der Waals surface area contributed by atoms with Gasteiger partial charge >= 0.3 is 0 Å². The minimum Gasteiger partial charge on any atom is -0.369 e. The standard InChI is InChI=1S/C13H25N5/c1-6-18(5)8-9(2)7-15-12-10(3)11(4)16-13(14)17-12/h9H,6-8H2,1-5H3,(H3,14,15,16,17)/t9-/m1/s1. The van der Waals surface area contributed by atoms with Crippen molar-refractivity contribution in [2.45, 2.75) is 27.7 Å². The maximum absolute atomic E-state index is 5.67. The summed E-state index contributed by atoms with van der Waals surface area (Å²) in [5.41, 5.74) is 7.67. The minimum atomic E-state index is 0.332. The van der Waals surface area contributed by atoms with Crippen molar-refractivity contribution >= 4 is 11.8 Å². The van der Waals surface area contributed by atoms with Gasteiger partial charge in [0.25, 0.3) is 0 Å². The number of aryl methyl sites for hydroxylation is 1. The van der Waals surface area contributed by atoms with Gasteiger partial charge in [-0.15, -0.1) is 0 Å². The summed E-state index contributed by atoms with van der Waals surface area (Å²) in [6, 6.07) is 0. The first-order valence-corrected chi connectivity index (χ1v) is 6.47. The predicted molar refractivity (Wildman–Crippen MR) is 76.7 cm³/mol. The lowest BCUT2D eigenvalue weighted by atomic mass is 10.1. The fourth-order valence-electron chi connectivity index (χ4n) is 1.82. The second kappa shape index (κ2) is 6.54. The van der Waals surface area contributed by atoms with Crippen molar-refractivity contribution in [2.24, 2.45) is 5.92 Å². The number of nitrogens with two attached hydrogens (primary N) is 1. The summed E-state index contributed by atoms with van der Waals surface area (Å²) in [6.45, 7) is 11.4. The van der Waals surface area contributed by atoms with Crippen LogP contribution >= 0.6 is 0 Å². The highest BCUT2D eigenvalue weighted by Gasteiger charge is 2.09. The highest BCUT2D eigenvalue weighted by Crippen LogP contribution is 2.16. The molecule has 1 heterocycles. The Balaban J connectivity index is 2.58. The zero-order chi connectivity index (χ0) is 13.7. The van der Waals surface area contributed by atoms with E-state index in [1.54, 1.807) is 0 Å². The quantitative estimate of drug-likeness (QED) is 0.805. The van der Waals surface area contributed by atoms with Crippen molar-refractivity contribution in [2.75, 3.05) is 37.7 Å². The molecule has 0 radical (unpaired) electrons. The molecule has 5 heteroatoms. The molecule has 1 atom stereocenters. The molecule has 0 fully saturated rings. The molecule has 1 rings (SSSR count). The van der Waals surface area contributed by atoms with Gasteiger partial charge in [0.1, 0.15) is 5.82 Å². The van der Waals surface area contributed by atoms with Crippen LogP contribution in [0.1, 0.15) is 25.1 Å². The largest absolute Gasteiger partial charge is 0.369 e. The van der Waals surface area contributed by atoms with E-state index in [0.717, 1.165) is 36.7 Å². The van der Waals surface area contributed by atoms with Crippen LogP contribution in [0, 0.1) is 19.8 Å². The molecule has 0 saturated heterocycles. The molecule has 102 valence electrons. The molecule has 0 unspecified atom stereocenters. The molecule has 5 nitrogen and oxygen atoms in total. The Kier molecular flexibility index (Phi) is 5.34. The molecule has 3 N–H and O–H groups in total. The summed E-state index contributed by atoms with van der Waals surface area (Å²) in [5.74, 6) is 1.75. The molecule has 0 spiro atoms. The summed E-state index contributed by atoms with van der Waals surface area (Å²) in [4.78, 5) is 10.7. The second-order valence-electron chi connectivity index (χ2n) is 4.98. The summed E-state index contributed by atoms with van der Waals surface area (Å²) in [6.07, 6.45) is 0. The molecule has 18 heavy (non-hydrogen) atoms. The summed E-state index contributed by atoms with van der Waals surface area (Å²) in [5, 5.41) is 3.37. The normalized spacial score (nSPS) is 12.8. The number of nitrogens with zero attached hydrogens (tertiary/aromatic N) is 3. The number of rotatable bonds is 6. The van der Waals surface area contributed by atoms with Crippen LogP contribution in [-0.2, 0) is 0 Å². The Hall–Kier alpha value is -1.36. The first-order chi connectivity index (χ1) is 8.43. The van der Waals surface area contributed by atoms with E-state index in [9.17, 15) is 0 Å². The predicted octanol–water partition coefficient (Wildman–Crippen LogP) is 1.68. The smallest absolute Gasteiger partial charge is 0.222 e. The Bertz CT molecular complexity index is 391. The van der Waals surface area contributed by atoms with Crippen molar-refractivity contribution < 1.29 is 0 Å². The molecular formula is C13H25N5. The number of hydrogen-bond donors (Lipinski definition) is 2. The number of nitrogen functional groups attached to an aromatic ring is 1. The lowest BCUT2D eigenvalue weighted by molar-refractivity contribution is 0.305.